The molecule has 1 aromatic carbocycles. The molecule has 0 aliphatic heterocycles. The summed E-state index contributed by atoms with van der Waals surface area (Å²) in [5.41, 5.74) is 1.47. The van der Waals surface area contributed by atoms with Gasteiger partial charge in [0.15, 0.2) is 6.61 Å². The maximum Gasteiger partial charge on any atom is 0.422 e. The van der Waals surface area contributed by atoms with Crippen molar-refractivity contribution >= 4 is 22.9 Å². The average Bonchev–Trinajstić information content (AvgIpc) is 3.22. The Morgan fingerprint density at radius 3 is 2.65 bits per heavy atom. The number of amides is 1. The van der Waals surface area contributed by atoms with Gasteiger partial charge in [-0.25, -0.2) is 4.98 Å². The molecule has 2 heterocycles. The van der Waals surface area contributed by atoms with E-state index in [0.29, 0.717) is 10.7 Å². The number of aryl methyl sites for hydroxylation is 1. The molecule has 0 saturated carbocycles. The number of hydrogen-bond acceptors (Lipinski definition) is 5. The number of halogens is 3. The van der Waals surface area contributed by atoms with Crippen LogP contribution in [0, 0.1) is 0 Å². The Morgan fingerprint density at radius 2 is 2.04 bits per heavy atom. The van der Waals surface area contributed by atoms with E-state index in [1.54, 1.807) is 29.5 Å². The van der Waals surface area contributed by atoms with Crippen molar-refractivity contribution in [3.63, 3.8) is 0 Å². The molecule has 1 N–H and O–H groups in total. The van der Waals surface area contributed by atoms with Crippen LogP contribution >= 0.6 is 11.3 Å². The van der Waals surface area contributed by atoms with E-state index in [1.807, 2.05) is 0 Å². The highest BCUT2D eigenvalue weighted by atomic mass is 32.1. The Labute approximate surface area is 150 Å². The third-order valence-electron chi connectivity index (χ3n) is 3.20. The fraction of sp³-hybridized carbons (Fsp3) is 0.188. The normalized spacial score (nSPS) is 11.4. The lowest BCUT2D eigenvalue weighted by Crippen LogP contribution is -2.19. The van der Waals surface area contributed by atoms with Crippen LogP contribution in [0.15, 0.2) is 42.0 Å². The quantitative estimate of drug-likeness (QED) is 0.730. The largest absolute Gasteiger partial charge is 0.484 e. The molecule has 0 radical (unpaired) electrons. The number of nitrogens with one attached hydrogen (secondary N) is 1. The first-order valence-corrected chi connectivity index (χ1v) is 8.24. The summed E-state index contributed by atoms with van der Waals surface area (Å²) < 4.78 is 42.6. The van der Waals surface area contributed by atoms with Crippen LogP contribution in [0.4, 0.5) is 18.9 Å². The molecule has 0 aliphatic carbocycles. The van der Waals surface area contributed by atoms with Gasteiger partial charge in [0.25, 0.3) is 5.91 Å². The predicted molar refractivity (Wildman–Crippen MR) is 90.3 cm³/mol. The van der Waals surface area contributed by atoms with Crippen LogP contribution in [-0.4, -0.2) is 33.5 Å². The molecule has 0 atom stereocenters. The van der Waals surface area contributed by atoms with Gasteiger partial charge in [0.05, 0.1) is 6.20 Å². The maximum atomic E-state index is 12.2. The van der Waals surface area contributed by atoms with E-state index in [4.69, 9.17) is 0 Å². The molecule has 0 spiro atoms. The summed E-state index contributed by atoms with van der Waals surface area (Å²) in [4.78, 5) is 16.5. The number of aromatic nitrogens is 3. The number of ether oxygens (including phenoxy) is 1. The number of hydrogen-bond donors (Lipinski definition) is 1. The van der Waals surface area contributed by atoms with Crippen molar-refractivity contribution in [3.05, 3.63) is 47.7 Å². The zero-order valence-electron chi connectivity index (χ0n) is 13.4. The zero-order valence-corrected chi connectivity index (χ0v) is 14.3. The lowest BCUT2D eigenvalue weighted by molar-refractivity contribution is -0.153. The van der Waals surface area contributed by atoms with Gasteiger partial charge in [-0.1, -0.05) is 0 Å². The first kappa shape index (κ1) is 17.9. The molecular formula is C16H13F3N4O2S. The van der Waals surface area contributed by atoms with Gasteiger partial charge in [0, 0.05) is 29.9 Å². The smallest absolute Gasteiger partial charge is 0.422 e. The van der Waals surface area contributed by atoms with Crippen LogP contribution in [0.2, 0.25) is 0 Å². The standard InChI is InChI=1S/C16H13F3N4O2S/c1-23-7-10(6-20-23)15-22-13(8-26-15)14(24)21-11-2-4-12(5-3-11)25-9-16(17,18)19/h2-8H,9H2,1H3,(H,21,24). The third-order valence-corrected chi connectivity index (χ3v) is 4.09. The number of alkyl halides is 3. The van der Waals surface area contributed by atoms with E-state index in [-0.39, 0.29) is 11.4 Å². The number of nitrogens with zero attached hydrogens (tertiary/aromatic N) is 3. The lowest BCUT2D eigenvalue weighted by atomic mass is 10.3. The Morgan fingerprint density at radius 1 is 1.31 bits per heavy atom. The van der Waals surface area contributed by atoms with E-state index < -0.39 is 18.7 Å². The van der Waals surface area contributed by atoms with Crippen LogP contribution in [-0.2, 0) is 7.05 Å². The van der Waals surface area contributed by atoms with E-state index in [0.717, 1.165) is 5.56 Å². The molecule has 0 aliphatic rings. The number of rotatable bonds is 5. The van der Waals surface area contributed by atoms with E-state index >= 15 is 0 Å². The van der Waals surface area contributed by atoms with Gasteiger partial charge in [-0.05, 0) is 24.3 Å². The van der Waals surface area contributed by atoms with Crippen LogP contribution in [0.5, 0.6) is 5.75 Å². The predicted octanol–water partition coefficient (Wildman–Crippen LogP) is 3.74. The van der Waals surface area contributed by atoms with Crippen molar-refractivity contribution in [3.8, 4) is 16.3 Å². The Hall–Kier alpha value is -2.88. The van der Waals surface area contributed by atoms with Gasteiger partial charge >= 0.3 is 6.18 Å². The molecule has 0 bridgehead atoms. The number of carbonyl (C=O) groups is 1. The first-order chi connectivity index (χ1) is 12.3. The molecule has 3 aromatic rings. The summed E-state index contributed by atoms with van der Waals surface area (Å²) in [5.74, 6) is -0.354. The lowest BCUT2D eigenvalue weighted by Gasteiger charge is -2.09. The van der Waals surface area contributed by atoms with Crippen LogP contribution in [0.3, 0.4) is 0 Å². The molecule has 6 nitrogen and oxygen atoms in total. The van der Waals surface area contributed by atoms with Crippen molar-refractivity contribution in [2.75, 3.05) is 11.9 Å². The second-order valence-electron chi connectivity index (χ2n) is 5.32. The van der Waals surface area contributed by atoms with Crippen LogP contribution in [0.1, 0.15) is 10.5 Å². The second kappa shape index (κ2) is 7.16. The highest BCUT2D eigenvalue weighted by Gasteiger charge is 2.28. The van der Waals surface area contributed by atoms with Crippen LogP contribution < -0.4 is 10.1 Å². The minimum atomic E-state index is -4.40. The minimum absolute atomic E-state index is 0.0628. The van der Waals surface area contributed by atoms with Gasteiger partial charge in [0.2, 0.25) is 0 Å². The molecule has 10 heteroatoms. The first-order valence-electron chi connectivity index (χ1n) is 7.36. The molecule has 3 rings (SSSR count). The Balaban J connectivity index is 1.62. The van der Waals surface area contributed by atoms with Crippen molar-refractivity contribution in [1.82, 2.24) is 14.8 Å². The summed E-state index contributed by atoms with van der Waals surface area (Å²) in [6, 6.07) is 5.61. The van der Waals surface area contributed by atoms with Crippen molar-refractivity contribution in [2.24, 2.45) is 7.05 Å². The van der Waals surface area contributed by atoms with Gasteiger partial charge in [0.1, 0.15) is 16.5 Å². The zero-order chi connectivity index (χ0) is 18.7. The van der Waals surface area contributed by atoms with Crippen molar-refractivity contribution < 1.29 is 22.7 Å². The maximum absolute atomic E-state index is 12.2. The Bertz CT molecular complexity index is 903. The highest BCUT2D eigenvalue weighted by Crippen LogP contribution is 2.24. The molecule has 26 heavy (non-hydrogen) atoms. The summed E-state index contributed by atoms with van der Waals surface area (Å²) in [6.07, 6.45) is -0.954. The summed E-state index contributed by atoms with van der Waals surface area (Å²) >= 11 is 1.31. The van der Waals surface area contributed by atoms with Gasteiger partial charge in [-0.15, -0.1) is 11.3 Å². The van der Waals surface area contributed by atoms with E-state index in [9.17, 15) is 18.0 Å². The average molecular weight is 382 g/mol. The van der Waals surface area contributed by atoms with Crippen molar-refractivity contribution in [1.29, 1.82) is 0 Å². The van der Waals surface area contributed by atoms with E-state index in [2.05, 4.69) is 20.1 Å². The molecule has 2 aromatic heterocycles. The molecular weight excluding hydrogens is 369 g/mol. The molecule has 1 amide bonds. The Kier molecular flexibility index (Phi) is 4.94. The summed E-state index contributed by atoms with van der Waals surface area (Å²) in [7, 11) is 1.78. The SMILES string of the molecule is Cn1cc(-c2nc(C(=O)Nc3ccc(OCC(F)(F)F)cc3)cs2)cn1. The number of carbonyl (C=O) groups excluding carboxylic acids is 1. The second-order valence-corrected chi connectivity index (χ2v) is 6.18. The fourth-order valence-corrected chi connectivity index (χ4v) is 2.81. The van der Waals surface area contributed by atoms with Gasteiger partial charge < -0.3 is 10.1 Å². The number of benzene rings is 1. The van der Waals surface area contributed by atoms with Crippen LogP contribution in [0.25, 0.3) is 10.6 Å². The van der Waals surface area contributed by atoms with Gasteiger partial charge in [-0.2, -0.15) is 18.3 Å². The topological polar surface area (TPSA) is 69.0 Å². The van der Waals surface area contributed by atoms with Crippen molar-refractivity contribution in [2.45, 2.75) is 6.18 Å². The molecule has 0 unspecified atom stereocenters. The fourth-order valence-electron chi connectivity index (χ4n) is 2.04. The summed E-state index contributed by atoms with van der Waals surface area (Å²) in [6.45, 7) is -1.37. The highest BCUT2D eigenvalue weighted by molar-refractivity contribution is 7.13. The van der Waals surface area contributed by atoms with E-state index in [1.165, 1.54) is 35.6 Å². The number of thiazole rings is 1. The summed E-state index contributed by atoms with van der Waals surface area (Å²) in [5, 5.41) is 8.98. The minimum Gasteiger partial charge on any atom is -0.484 e. The molecule has 136 valence electrons. The monoisotopic (exact) mass is 382 g/mol. The molecule has 0 fully saturated rings. The van der Waals surface area contributed by atoms with Gasteiger partial charge in [-0.3, -0.25) is 9.48 Å². The third kappa shape index (κ3) is 4.60. The molecule has 0 saturated heterocycles. The number of anilines is 1.